The van der Waals surface area contributed by atoms with Crippen LogP contribution < -0.4 is 18.9 Å². The fourth-order valence-corrected chi connectivity index (χ4v) is 3.90. The maximum Gasteiger partial charge on any atom is 0.338 e. The third-order valence-corrected chi connectivity index (χ3v) is 6.91. The molecule has 0 amide bonds. The topological polar surface area (TPSA) is 156 Å². The average molecular weight is 729 g/mol. The van der Waals surface area contributed by atoms with Gasteiger partial charge in [-0.25, -0.2) is 19.2 Å². The normalized spacial score (nSPS) is 9.93. The highest BCUT2D eigenvalue weighted by molar-refractivity contribution is 6.49. The van der Waals surface area contributed by atoms with Gasteiger partial charge in [0.2, 0.25) is 11.6 Å². The van der Waals surface area contributed by atoms with E-state index in [9.17, 15) is 33.6 Å². The second kappa shape index (κ2) is 18.8. The van der Waals surface area contributed by atoms with Gasteiger partial charge in [-0.05, 0) is 125 Å². The number of ketones is 3. The van der Waals surface area contributed by atoms with Crippen LogP contribution in [0.4, 0.5) is 0 Å². The number of carbonyl (C=O) groups excluding carboxylic acids is 7. The summed E-state index contributed by atoms with van der Waals surface area (Å²) in [5.74, 6) is -2.72. The highest BCUT2D eigenvalue weighted by atomic mass is 16.5. The first-order chi connectivity index (χ1) is 25.5. The van der Waals surface area contributed by atoms with E-state index in [1.807, 2.05) is 0 Å². The van der Waals surface area contributed by atoms with Gasteiger partial charge in [0.05, 0.1) is 0 Å². The minimum atomic E-state index is -0.718. The Kier molecular flexibility index (Phi) is 14.3. The minimum absolute atomic E-state index is 0.151. The van der Waals surface area contributed by atoms with E-state index in [2.05, 4.69) is 26.3 Å². The third kappa shape index (κ3) is 11.9. The molecule has 0 aliphatic carbocycles. The Morgan fingerprint density at radius 1 is 0.333 bits per heavy atom. The molecule has 4 aromatic rings. The van der Waals surface area contributed by atoms with Gasteiger partial charge in [-0.15, -0.1) is 0 Å². The molecule has 54 heavy (non-hydrogen) atoms. The Bertz CT molecular complexity index is 2000. The Morgan fingerprint density at radius 3 is 0.704 bits per heavy atom. The third-order valence-electron chi connectivity index (χ3n) is 6.91. The Morgan fingerprint density at radius 2 is 0.519 bits per heavy atom. The van der Waals surface area contributed by atoms with E-state index in [-0.39, 0.29) is 50.7 Å². The van der Waals surface area contributed by atoms with Crippen molar-refractivity contribution in [3.8, 4) is 23.0 Å². The summed E-state index contributed by atoms with van der Waals surface area (Å²) in [5.41, 5.74) is 2.24. The van der Waals surface area contributed by atoms with Gasteiger partial charge in [-0.1, -0.05) is 26.3 Å². The van der Waals surface area contributed by atoms with Crippen LogP contribution in [-0.2, 0) is 19.2 Å². The standard InChI is InChI=1S/C22H18O6.C21H18O5/c1-13(2)21(25)27-17-9-5-15(6-10-17)19(23)20(24)16-7-11-18(12-8-16)28-22(26)14(3)4;1-13(2)20(23)25-17-9-5-15(6-10-17)19(22)16-7-11-18(12-8-16)26-21(24)14(3)4/h5-12H,1,3H2,2,4H3;5-12H,1,3H2,2,4H3. The minimum Gasteiger partial charge on any atom is -0.423 e. The molecule has 0 fully saturated rings. The molecule has 274 valence electrons. The van der Waals surface area contributed by atoms with Crippen LogP contribution in [0.1, 0.15) is 64.3 Å². The van der Waals surface area contributed by atoms with Crippen molar-refractivity contribution < 1.29 is 52.5 Å². The number of hydrogen-bond donors (Lipinski definition) is 0. The monoisotopic (exact) mass is 728 g/mol. The Hall–Kier alpha value is -7.27. The fraction of sp³-hybridized carbons (Fsp3) is 0.0930. The molecule has 0 aromatic heterocycles. The lowest BCUT2D eigenvalue weighted by atomic mass is 10.0. The van der Waals surface area contributed by atoms with Crippen molar-refractivity contribution in [2.45, 2.75) is 27.7 Å². The molecule has 0 N–H and O–H groups in total. The highest BCUT2D eigenvalue weighted by Crippen LogP contribution is 2.20. The SMILES string of the molecule is C=C(C)C(=O)Oc1ccc(C(=O)C(=O)c2ccc(OC(=O)C(=C)C)cc2)cc1.C=C(C)C(=O)Oc1ccc(C(=O)c2ccc(OC(=O)C(=C)C)cc2)cc1. The smallest absolute Gasteiger partial charge is 0.338 e. The van der Waals surface area contributed by atoms with Gasteiger partial charge in [-0.3, -0.25) is 14.4 Å². The number of Topliss-reactive ketones (excluding diaryl/α,β-unsaturated/α-hetero) is 2. The van der Waals surface area contributed by atoms with Crippen molar-refractivity contribution in [3.63, 3.8) is 0 Å². The molecule has 0 atom stereocenters. The van der Waals surface area contributed by atoms with E-state index in [1.54, 1.807) is 38.1 Å². The molecular weight excluding hydrogens is 692 g/mol. The molecule has 4 aromatic carbocycles. The maximum absolute atomic E-state index is 12.5. The van der Waals surface area contributed by atoms with E-state index in [0.717, 1.165) is 0 Å². The number of hydrogen-bond acceptors (Lipinski definition) is 11. The van der Waals surface area contributed by atoms with Gasteiger partial charge in [0.25, 0.3) is 0 Å². The molecule has 0 saturated carbocycles. The summed E-state index contributed by atoms with van der Waals surface area (Å²) in [7, 11) is 0. The summed E-state index contributed by atoms with van der Waals surface area (Å²) >= 11 is 0. The zero-order chi connectivity index (χ0) is 40.1. The summed E-state index contributed by atoms with van der Waals surface area (Å²) in [6.07, 6.45) is 0. The molecule has 0 spiro atoms. The lowest BCUT2D eigenvalue weighted by Crippen LogP contribution is -2.15. The highest BCUT2D eigenvalue weighted by Gasteiger charge is 2.19. The predicted molar refractivity (Wildman–Crippen MR) is 200 cm³/mol. The number of rotatable bonds is 13. The molecule has 0 saturated heterocycles. The summed E-state index contributed by atoms with van der Waals surface area (Å²) in [6.45, 7) is 20.1. The van der Waals surface area contributed by atoms with Gasteiger partial charge in [0.15, 0.2) is 5.78 Å². The van der Waals surface area contributed by atoms with E-state index >= 15 is 0 Å². The quantitative estimate of drug-likeness (QED) is 0.0439. The van der Waals surface area contributed by atoms with E-state index in [1.165, 1.54) is 86.6 Å². The molecule has 0 radical (unpaired) electrons. The van der Waals surface area contributed by atoms with Gasteiger partial charge >= 0.3 is 23.9 Å². The second-order valence-corrected chi connectivity index (χ2v) is 11.8. The number of carbonyl (C=O) groups is 7. The van der Waals surface area contributed by atoms with Crippen molar-refractivity contribution in [1.82, 2.24) is 0 Å². The summed E-state index contributed by atoms with van der Waals surface area (Å²) in [4.78, 5) is 83.1. The molecular formula is C43H36O11. The Labute approximate surface area is 311 Å². The summed E-state index contributed by atoms with van der Waals surface area (Å²) < 4.78 is 20.2. The first kappa shape index (κ1) is 41.2. The van der Waals surface area contributed by atoms with Crippen LogP contribution in [0, 0.1) is 0 Å². The zero-order valence-corrected chi connectivity index (χ0v) is 30.1. The van der Waals surface area contributed by atoms with Crippen molar-refractivity contribution >= 4 is 41.2 Å². The van der Waals surface area contributed by atoms with Crippen LogP contribution in [-0.4, -0.2) is 41.2 Å². The molecule has 0 heterocycles. The second-order valence-electron chi connectivity index (χ2n) is 11.8. The van der Waals surface area contributed by atoms with Crippen molar-refractivity contribution in [2.24, 2.45) is 0 Å². The van der Waals surface area contributed by atoms with Crippen molar-refractivity contribution in [2.75, 3.05) is 0 Å². The van der Waals surface area contributed by atoms with Crippen LogP contribution in [0.15, 0.2) is 146 Å². The van der Waals surface area contributed by atoms with Crippen LogP contribution in [0.25, 0.3) is 0 Å². The fourth-order valence-electron chi connectivity index (χ4n) is 3.90. The molecule has 0 unspecified atom stereocenters. The molecule has 11 nitrogen and oxygen atoms in total. The molecule has 0 bridgehead atoms. The van der Waals surface area contributed by atoms with Gasteiger partial charge in [0.1, 0.15) is 23.0 Å². The number of ether oxygens (including phenoxy) is 4. The average Bonchev–Trinajstić information content (AvgIpc) is 3.15. The van der Waals surface area contributed by atoms with Crippen LogP contribution >= 0.6 is 0 Å². The maximum atomic E-state index is 12.5. The zero-order valence-electron chi connectivity index (χ0n) is 30.1. The first-order valence-corrected chi connectivity index (χ1v) is 16.0. The van der Waals surface area contributed by atoms with Crippen LogP contribution in [0.2, 0.25) is 0 Å². The van der Waals surface area contributed by atoms with Crippen molar-refractivity contribution in [3.05, 3.63) is 168 Å². The lowest BCUT2D eigenvalue weighted by Gasteiger charge is -2.07. The van der Waals surface area contributed by atoms with Gasteiger partial charge < -0.3 is 18.9 Å². The van der Waals surface area contributed by atoms with Crippen LogP contribution in [0.5, 0.6) is 23.0 Å². The molecule has 0 aliphatic heterocycles. The first-order valence-electron chi connectivity index (χ1n) is 16.0. The van der Waals surface area contributed by atoms with Crippen LogP contribution in [0.3, 0.4) is 0 Å². The van der Waals surface area contributed by atoms with Gasteiger partial charge in [0, 0.05) is 44.5 Å². The molecule has 11 heteroatoms. The summed E-state index contributed by atoms with van der Waals surface area (Å²) in [5, 5.41) is 0. The lowest BCUT2D eigenvalue weighted by molar-refractivity contribution is -0.130. The van der Waals surface area contributed by atoms with Gasteiger partial charge in [-0.2, -0.15) is 0 Å². The summed E-state index contributed by atoms with van der Waals surface area (Å²) in [6, 6.07) is 23.7. The van der Waals surface area contributed by atoms with Crippen molar-refractivity contribution in [1.29, 1.82) is 0 Å². The van der Waals surface area contributed by atoms with E-state index < -0.39 is 35.4 Å². The predicted octanol–water partition coefficient (Wildman–Crippen LogP) is 7.60. The Balaban J connectivity index is 0.000000291. The molecule has 0 aliphatic rings. The van der Waals surface area contributed by atoms with E-state index in [0.29, 0.717) is 22.6 Å². The van der Waals surface area contributed by atoms with E-state index in [4.69, 9.17) is 18.9 Å². The molecule has 4 rings (SSSR count). The largest absolute Gasteiger partial charge is 0.423 e. The number of esters is 4. The number of benzene rings is 4.